The van der Waals surface area contributed by atoms with Crippen molar-refractivity contribution < 1.29 is 27.5 Å². The quantitative estimate of drug-likeness (QED) is 0.713. The summed E-state index contributed by atoms with van der Waals surface area (Å²) in [6, 6.07) is 8.46. The number of amides is 1. The number of anilines is 1. The molecule has 0 radical (unpaired) electrons. The fourth-order valence-corrected chi connectivity index (χ4v) is 3.49. The molecule has 136 valence electrons. The molecule has 1 fully saturated rings. The number of carbonyl (C=O) groups is 2. The SMILES string of the molecule is O=C(O)c1ccc(F)c(S(=O)(=O)Nc2ccccc2C(=O)NC2CC2)c1. The third-order valence-electron chi connectivity index (χ3n) is 3.80. The number of nitrogens with one attached hydrogen (secondary N) is 2. The lowest BCUT2D eigenvalue weighted by atomic mass is 10.1. The van der Waals surface area contributed by atoms with Gasteiger partial charge in [-0.2, -0.15) is 0 Å². The first-order valence-electron chi connectivity index (χ1n) is 7.73. The van der Waals surface area contributed by atoms with Gasteiger partial charge in [-0.25, -0.2) is 17.6 Å². The van der Waals surface area contributed by atoms with Crippen molar-refractivity contribution in [3.63, 3.8) is 0 Å². The lowest BCUT2D eigenvalue weighted by molar-refractivity contribution is 0.0696. The second kappa shape index (κ2) is 6.75. The van der Waals surface area contributed by atoms with Crippen LogP contribution in [0.2, 0.25) is 0 Å². The maximum atomic E-state index is 14.0. The molecule has 1 amide bonds. The van der Waals surface area contributed by atoms with Crippen LogP contribution in [0.1, 0.15) is 33.6 Å². The molecule has 26 heavy (non-hydrogen) atoms. The third-order valence-corrected chi connectivity index (χ3v) is 5.18. The summed E-state index contributed by atoms with van der Waals surface area (Å²) >= 11 is 0. The number of carbonyl (C=O) groups excluding carboxylic acids is 1. The van der Waals surface area contributed by atoms with Crippen LogP contribution >= 0.6 is 0 Å². The zero-order chi connectivity index (χ0) is 18.9. The Morgan fingerprint density at radius 3 is 2.46 bits per heavy atom. The highest BCUT2D eigenvalue weighted by Gasteiger charge is 2.27. The summed E-state index contributed by atoms with van der Waals surface area (Å²) < 4.78 is 41.2. The molecule has 1 aliphatic rings. The van der Waals surface area contributed by atoms with Gasteiger partial charge in [0.05, 0.1) is 16.8 Å². The van der Waals surface area contributed by atoms with Gasteiger partial charge in [0.15, 0.2) is 0 Å². The smallest absolute Gasteiger partial charge is 0.335 e. The molecule has 9 heteroatoms. The zero-order valence-corrected chi connectivity index (χ0v) is 14.2. The molecule has 7 nitrogen and oxygen atoms in total. The van der Waals surface area contributed by atoms with Crippen molar-refractivity contribution in [2.45, 2.75) is 23.8 Å². The number of para-hydroxylation sites is 1. The van der Waals surface area contributed by atoms with E-state index in [1.807, 2.05) is 0 Å². The van der Waals surface area contributed by atoms with E-state index in [4.69, 9.17) is 5.11 Å². The average molecular weight is 378 g/mol. The van der Waals surface area contributed by atoms with Crippen LogP contribution in [0.15, 0.2) is 47.4 Å². The van der Waals surface area contributed by atoms with Gasteiger partial charge >= 0.3 is 5.97 Å². The highest BCUT2D eigenvalue weighted by molar-refractivity contribution is 7.92. The lowest BCUT2D eigenvalue weighted by Gasteiger charge is -2.13. The topological polar surface area (TPSA) is 113 Å². The number of sulfonamides is 1. The van der Waals surface area contributed by atoms with Gasteiger partial charge in [-0.3, -0.25) is 9.52 Å². The van der Waals surface area contributed by atoms with Crippen molar-refractivity contribution in [1.29, 1.82) is 0 Å². The fourth-order valence-electron chi connectivity index (χ4n) is 2.30. The number of hydrogen-bond donors (Lipinski definition) is 3. The molecule has 2 aromatic carbocycles. The Morgan fingerprint density at radius 1 is 1.12 bits per heavy atom. The first-order valence-corrected chi connectivity index (χ1v) is 9.22. The summed E-state index contributed by atoms with van der Waals surface area (Å²) in [4.78, 5) is 22.5. The van der Waals surface area contributed by atoms with Gasteiger partial charge in [-0.1, -0.05) is 12.1 Å². The standard InChI is InChI=1S/C17H15FN2O5S/c18-13-8-5-10(17(22)23)9-15(13)26(24,25)20-14-4-2-1-3-12(14)16(21)19-11-6-7-11/h1-5,8-9,11,20H,6-7H2,(H,19,21)(H,22,23). The van der Waals surface area contributed by atoms with Crippen LogP contribution in [0, 0.1) is 5.82 Å². The summed E-state index contributed by atoms with van der Waals surface area (Å²) in [5, 5.41) is 11.7. The largest absolute Gasteiger partial charge is 0.478 e. The van der Waals surface area contributed by atoms with Gasteiger partial charge < -0.3 is 10.4 Å². The van der Waals surface area contributed by atoms with Crippen LogP contribution < -0.4 is 10.0 Å². The van der Waals surface area contributed by atoms with E-state index in [-0.39, 0.29) is 22.9 Å². The Labute approximate surface area is 148 Å². The van der Waals surface area contributed by atoms with Crippen LogP contribution in [0.25, 0.3) is 0 Å². The number of rotatable bonds is 6. The Bertz CT molecular complexity index is 986. The zero-order valence-electron chi connectivity index (χ0n) is 13.4. The van der Waals surface area contributed by atoms with Crippen molar-refractivity contribution in [3.05, 3.63) is 59.4 Å². The van der Waals surface area contributed by atoms with Crippen LogP contribution in [0.3, 0.4) is 0 Å². The van der Waals surface area contributed by atoms with Crippen molar-refractivity contribution >= 4 is 27.6 Å². The predicted octanol–water partition coefficient (Wildman–Crippen LogP) is 2.22. The van der Waals surface area contributed by atoms with E-state index in [1.54, 1.807) is 6.07 Å². The monoisotopic (exact) mass is 378 g/mol. The minimum Gasteiger partial charge on any atom is -0.478 e. The van der Waals surface area contributed by atoms with Crippen LogP contribution in [-0.2, 0) is 10.0 Å². The Hall–Kier alpha value is -2.94. The second-order valence-electron chi connectivity index (χ2n) is 5.85. The van der Waals surface area contributed by atoms with E-state index in [0.717, 1.165) is 31.0 Å². The minimum atomic E-state index is -4.44. The van der Waals surface area contributed by atoms with Crippen molar-refractivity contribution in [2.24, 2.45) is 0 Å². The Balaban J connectivity index is 1.94. The molecule has 0 unspecified atom stereocenters. The van der Waals surface area contributed by atoms with Gasteiger partial charge in [0.1, 0.15) is 10.7 Å². The molecule has 3 N–H and O–H groups in total. The van der Waals surface area contributed by atoms with E-state index >= 15 is 0 Å². The summed E-state index contributed by atoms with van der Waals surface area (Å²) in [5.74, 6) is -2.92. The predicted molar refractivity (Wildman–Crippen MR) is 91.1 cm³/mol. The maximum Gasteiger partial charge on any atom is 0.335 e. The fraction of sp³-hybridized carbons (Fsp3) is 0.176. The Morgan fingerprint density at radius 2 is 1.81 bits per heavy atom. The molecule has 0 aromatic heterocycles. The van der Waals surface area contributed by atoms with Gasteiger partial charge in [0, 0.05) is 6.04 Å². The van der Waals surface area contributed by atoms with E-state index in [9.17, 15) is 22.4 Å². The molecule has 0 bridgehead atoms. The van der Waals surface area contributed by atoms with E-state index < -0.39 is 32.6 Å². The second-order valence-corrected chi connectivity index (χ2v) is 7.50. The van der Waals surface area contributed by atoms with Crippen LogP contribution in [0.5, 0.6) is 0 Å². The number of benzene rings is 2. The summed E-state index contributed by atoms with van der Waals surface area (Å²) in [5.41, 5.74) is -0.296. The molecule has 0 atom stereocenters. The number of carboxylic acids is 1. The molecule has 0 spiro atoms. The minimum absolute atomic E-state index is 0.0224. The molecular formula is C17H15FN2O5S. The first-order chi connectivity index (χ1) is 12.3. The molecule has 0 heterocycles. The van der Waals surface area contributed by atoms with Crippen molar-refractivity contribution in [1.82, 2.24) is 5.32 Å². The lowest BCUT2D eigenvalue weighted by Crippen LogP contribution is -2.27. The van der Waals surface area contributed by atoms with Gasteiger partial charge in [-0.05, 0) is 43.2 Å². The van der Waals surface area contributed by atoms with E-state index in [2.05, 4.69) is 10.0 Å². The highest BCUT2D eigenvalue weighted by atomic mass is 32.2. The van der Waals surface area contributed by atoms with Gasteiger partial charge in [0.2, 0.25) is 0 Å². The number of aromatic carboxylic acids is 1. The molecule has 1 aliphatic carbocycles. The van der Waals surface area contributed by atoms with Crippen LogP contribution in [-0.4, -0.2) is 31.4 Å². The summed E-state index contributed by atoms with van der Waals surface area (Å²) in [6.07, 6.45) is 1.74. The number of hydrogen-bond acceptors (Lipinski definition) is 4. The van der Waals surface area contributed by atoms with E-state index in [1.165, 1.54) is 18.2 Å². The first kappa shape index (κ1) is 17.9. The molecule has 0 aliphatic heterocycles. The van der Waals surface area contributed by atoms with Crippen molar-refractivity contribution in [2.75, 3.05) is 4.72 Å². The van der Waals surface area contributed by atoms with E-state index in [0.29, 0.717) is 0 Å². The third kappa shape index (κ3) is 3.83. The maximum absolute atomic E-state index is 14.0. The molecule has 0 saturated heterocycles. The summed E-state index contributed by atoms with van der Waals surface area (Å²) in [6.45, 7) is 0. The van der Waals surface area contributed by atoms with Crippen molar-refractivity contribution in [3.8, 4) is 0 Å². The molecule has 3 rings (SSSR count). The molecule has 2 aromatic rings. The number of halogens is 1. The number of carboxylic acid groups (broad SMARTS) is 1. The van der Waals surface area contributed by atoms with Crippen LogP contribution in [0.4, 0.5) is 10.1 Å². The summed E-state index contributed by atoms with van der Waals surface area (Å²) in [7, 11) is -4.44. The highest BCUT2D eigenvalue weighted by Crippen LogP contribution is 2.24. The Kier molecular flexibility index (Phi) is 4.64. The average Bonchev–Trinajstić information content (AvgIpc) is 3.38. The normalized spacial score (nSPS) is 13.9. The van der Waals surface area contributed by atoms with Gasteiger partial charge in [-0.15, -0.1) is 0 Å². The molecule has 1 saturated carbocycles. The molecular weight excluding hydrogens is 363 g/mol. The van der Waals surface area contributed by atoms with Gasteiger partial charge in [0.25, 0.3) is 15.9 Å².